The second kappa shape index (κ2) is 7.68. The van der Waals surface area contributed by atoms with E-state index in [4.69, 9.17) is 8.94 Å². The van der Waals surface area contributed by atoms with E-state index in [1.54, 1.807) is 13.8 Å². The second-order valence-corrected chi connectivity index (χ2v) is 7.29. The molecule has 0 bridgehead atoms. The molecule has 0 atom stereocenters. The third kappa shape index (κ3) is 3.88. The average Bonchev–Trinajstić information content (AvgIpc) is 3.34. The molecule has 0 saturated heterocycles. The first-order valence-electron chi connectivity index (χ1n) is 8.11. The van der Waals surface area contributed by atoms with E-state index in [9.17, 15) is 13.2 Å². The van der Waals surface area contributed by atoms with Crippen molar-refractivity contribution in [2.24, 2.45) is 0 Å². The molecule has 0 spiro atoms. The van der Waals surface area contributed by atoms with Gasteiger partial charge in [0.1, 0.15) is 0 Å². The lowest BCUT2D eigenvalue weighted by atomic mass is 10.2. The number of benzene rings is 1. The van der Waals surface area contributed by atoms with Crippen molar-refractivity contribution in [2.75, 3.05) is 18.4 Å². The molecule has 3 rings (SSSR count). The number of nitrogens with one attached hydrogen (secondary N) is 1. The quantitative estimate of drug-likeness (QED) is 0.647. The number of hydrogen-bond acceptors (Lipinski definition) is 8. The summed E-state index contributed by atoms with van der Waals surface area (Å²) in [7, 11) is -3.58. The van der Waals surface area contributed by atoms with Gasteiger partial charge >= 0.3 is 6.01 Å². The standard InChI is InChI=1S/C16H17N5O5S/c1-3-21(4-2)27(23,24)12-7-5-11(6-8-12)14(22)18-16-20-19-15(25-16)13-9-10-17-26-13/h5-10H,3-4H2,1-2H3,(H,18,20,22). The summed E-state index contributed by atoms with van der Waals surface area (Å²) < 4.78 is 36.4. The summed E-state index contributed by atoms with van der Waals surface area (Å²) in [4.78, 5) is 12.4. The van der Waals surface area contributed by atoms with E-state index < -0.39 is 15.9 Å². The van der Waals surface area contributed by atoms with E-state index >= 15 is 0 Å². The largest absolute Gasteiger partial charge is 0.400 e. The Morgan fingerprint density at radius 2 is 1.81 bits per heavy atom. The maximum absolute atomic E-state index is 12.5. The van der Waals surface area contributed by atoms with Gasteiger partial charge in [-0.1, -0.05) is 24.1 Å². The van der Waals surface area contributed by atoms with Crippen molar-refractivity contribution in [3.05, 3.63) is 42.1 Å². The number of rotatable bonds is 7. The first-order valence-corrected chi connectivity index (χ1v) is 9.55. The fourth-order valence-corrected chi connectivity index (χ4v) is 3.82. The van der Waals surface area contributed by atoms with Gasteiger partial charge in [-0.2, -0.15) is 4.31 Å². The number of carbonyl (C=O) groups is 1. The molecule has 2 heterocycles. The molecule has 0 saturated carbocycles. The molecule has 3 aromatic rings. The smallest absolute Gasteiger partial charge is 0.322 e. The lowest BCUT2D eigenvalue weighted by Crippen LogP contribution is -2.30. The van der Waals surface area contributed by atoms with Crippen molar-refractivity contribution in [1.29, 1.82) is 0 Å². The molecule has 0 aliphatic heterocycles. The van der Waals surface area contributed by atoms with Crippen LogP contribution in [0.4, 0.5) is 6.01 Å². The molecule has 2 aromatic heterocycles. The van der Waals surface area contributed by atoms with Crippen LogP contribution >= 0.6 is 0 Å². The topological polar surface area (TPSA) is 131 Å². The number of sulfonamides is 1. The normalized spacial score (nSPS) is 11.7. The van der Waals surface area contributed by atoms with Crippen LogP contribution in [0.1, 0.15) is 24.2 Å². The van der Waals surface area contributed by atoms with Crippen LogP contribution in [0.3, 0.4) is 0 Å². The first kappa shape index (κ1) is 18.7. The second-order valence-electron chi connectivity index (χ2n) is 5.36. The molecule has 0 unspecified atom stereocenters. The summed E-state index contributed by atoms with van der Waals surface area (Å²) in [5.74, 6) is -0.174. The lowest BCUT2D eigenvalue weighted by Gasteiger charge is -2.18. The highest BCUT2D eigenvalue weighted by Crippen LogP contribution is 2.20. The van der Waals surface area contributed by atoms with Crippen LogP contribution in [-0.4, -0.2) is 47.1 Å². The van der Waals surface area contributed by atoms with Crippen molar-refractivity contribution in [2.45, 2.75) is 18.7 Å². The molecular formula is C16H17N5O5S. The molecule has 11 heteroatoms. The minimum atomic E-state index is -3.58. The molecule has 0 radical (unpaired) electrons. The monoisotopic (exact) mass is 391 g/mol. The van der Waals surface area contributed by atoms with E-state index in [2.05, 4.69) is 20.7 Å². The minimum absolute atomic E-state index is 0.0727. The molecule has 10 nitrogen and oxygen atoms in total. The average molecular weight is 391 g/mol. The molecule has 1 N–H and O–H groups in total. The molecule has 0 fully saturated rings. The zero-order valence-electron chi connectivity index (χ0n) is 14.6. The Labute approximate surface area is 155 Å². The molecule has 27 heavy (non-hydrogen) atoms. The van der Waals surface area contributed by atoms with Crippen LogP contribution in [0.25, 0.3) is 11.7 Å². The summed E-state index contributed by atoms with van der Waals surface area (Å²) in [6.45, 7) is 4.26. The van der Waals surface area contributed by atoms with E-state index in [1.807, 2.05) is 0 Å². The van der Waals surface area contributed by atoms with Gasteiger partial charge in [-0.3, -0.25) is 10.1 Å². The number of hydrogen-bond donors (Lipinski definition) is 1. The highest BCUT2D eigenvalue weighted by Gasteiger charge is 2.22. The third-order valence-corrected chi connectivity index (χ3v) is 5.82. The lowest BCUT2D eigenvalue weighted by molar-refractivity contribution is 0.102. The first-order chi connectivity index (χ1) is 13.0. The Hall–Kier alpha value is -3.05. The molecule has 1 amide bonds. The zero-order chi connectivity index (χ0) is 19.4. The maximum atomic E-state index is 12.5. The Balaban J connectivity index is 1.73. The molecule has 1 aromatic carbocycles. The van der Waals surface area contributed by atoms with Gasteiger partial charge in [0.25, 0.3) is 11.8 Å². The number of anilines is 1. The van der Waals surface area contributed by atoms with Crippen LogP contribution in [0, 0.1) is 0 Å². The molecular weight excluding hydrogens is 374 g/mol. The number of nitrogens with zero attached hydrogens (tertiary/aromatic N) is 4. The van der Waals surface area contributed by atoms with Crippen molar-refractivity contribution in [1.82, 2.24) is 19.7 Å². The summed E-state index contributed by atoms with van der Waals surface area (Å²) in [5.41, 5.74) is 0.243. The van der Waals surface area contributed by atoms with Gasteiger partial charge in [0, 0.05) is 24.7 Å². The van der Waals surface area contributed by atoms with E-state index in [0.29, 0.717) is 13.1 Å². The number of aromatic nitrogens is 3. The van der Waals surface area contributed by atoms with Crippen LogP contribution in [0.2, 0.25) is 0 Å². The third-order valence-electron chi connectivity index (χ3n) is 3.75. The fraction of sp³-hybridized carbons (Fsp3) is 0.250. The number of amides is 1. The van der Waals surface area contributed by atoms with E-state index in [1.165, 1.54) is 40.8 Å². The van der Waals surface area contributed by atoms with Gasteiger partial charge in [0.05, 0.1) is 11.1 Å². The van der Waals surface area contributed by atoms with Crippen molar-refractivity contribution in [3.8, 4) is 11.7 Å². The van der Waals surface area contributed by atoms with E-state index in [0.717, 1.165) is 0 Å². The molecule has 0 aliphatic rings. The van der Waals surface area contributed by atoms with Crippen LogP contribution in [0.5, 0.6) is 0 Å². The summed E-state index contributed by atoms with van der Waals surface area (Å²) >= 11 is 0. The van der Waals surface area contributed by atoms with Gasteiger partial charge in [-0.15, -0.1) is 5.10 Å². The van der Waals surface area contributed by atoms with E-state index in [-0.39, 0.29) is 28.1 Å². The highest BCUT2D eigenvalue weighted by molar-refractivity contribution is 7.89. The van der Waals surface area contributed by atoms with Gasteiger partial charge in [-0.05, 0) is 24.3 Å². The summed E-state index contributed by atoms with van der Waals surface area (Å²) in [6, 6.07) is 7.02. The van der Waals surface area contributed by atoms with Gasteiger partial charge in [-0.25, -0.2) is 8.42 Å². The van der Waals surface area contributed by atoms with Crippen LogP contribution in [-0.2, 0) is 10.0 Å². The summed E-state index contributed by atoms with van der Waals surface area (Å²) in [6.07, 6.45) is 1.42. The number of carbonyl (C=O) groups excluding carboxylic acids is 1. The van der Waals surface area contributed by atoms with Crippen molar-refractivity contribution >= 4 is 21.9 Å². The predicted octanol–water partition coefficient (Wildman–Crippen LogP) is 2.01. The highest BCUT2D eigenvalue weighted by atomic mass is 32.2. The van der Waals surface area contributed by atoms with Crippen molar-refractivity contribution < 1.29 is 22.2 Å². The van der Waals surface area contributed by atoms with Gasteiger partial charge in [0.15, 0.2) is 0 Å². The van der Waals surface area contributed by atoms with Gasteiger partial charge < -0.3 is 8.94 Å². The Morgan fingerprint density at radius 1 is 1.11 bits per heavy atom. The SMILES string of the molecule is CCN(CC)S(=O)(=O)c1ccc(C(=O)Nc2nnc(-c3ccno3)o2)cc1. The summed E-state index contributed by atoms with van der Waals surface area (Å²) in [5, 5.41) is 13.4. The van der Waals surface area contributed by atoms with Crippen molar-refractivity contribution in [3.63, 3.8) is 0 Å². The minimum Gasteiger partial charge on any atom is -0.400 e. The van der Waals surface area contributed by atoms with Gasteiger partial charge in [0.2, 0.25) is 15.8 Å². The zero-order valence-corrected chi connectivity index (χ0v) is 15.4. The Morgan fingerprint density at radius 3 is 2.41 bits per heavy atom. The van der Waals surface area contributed by atoms with Crippen LogP contribution < -0.4 is 5.32 Å². The fourth-order valence-electron chi connectivity index (χ4n) is 2.36. The predicted molar refractivity (Wildman–Crippen MR) is 94.3 cm³/mol. The van der Waals surface area contributed by atoms with Crippen LogP contribution in [0.15, 0.2) is 50.4 Å². The Kier molecular flexibility index (Phi) is 5.33. The Bertz CT molecular complexity index is 1010. The molecule has 142 valence electrons. The molecule has 0 aliphatic carbocycles. The maximum Gasteiger partial charge on any atom is 0.322 e.